The van der Waals surface area contributed by atoms with Crippen molar-refractivity contribution >= 4 is 11.8 Å². The van der Waals surface area contributed by atoms with Crippen LogP contribution in [0.4, 0.5) is 0 Å². The summed E-state index contributed by atoms with van der Waals surface area (Å²) in [5.41, 5.74) is 1.16. The van der Waals surface area contributed by atoms with Crippen molar-refractivity contribution in [2.45, 2.75) is 33.2 Å². The molecule has 0 aromatic heterocycles. The van der Waals surface area contributed by atoms with Gasteiger partial charge in [0.05, 0.1) is 0 Å². The summed E-state index contributed by atoms with van der Waals surface area (Å²) in [6.45, 7) is 8.33. The SMILES string of the molecule is Cc1cccc(C)c1OCC(=O)N1CCNC(=O)C1(C)C. The highest BCUT2D eigenvalue weighted by Gasteiger charge is 2.40. The van der Waals surface area contributed by atoms with Crippen molar-refractivity contribution in [1.82, 2.24) is 10.2 Å². The van der Waals surface area contributed by atoms with Crippen molar-refractivity contribution in [2.24, 2.45) is 0 Å². The average molecular weight is 290 g/mol. The van der Waals surface area contributed by atoms with E-state index in [0.29, 0.717) is 13.1 Å². The molecule has 1 aliphatic rings. The molecular formula is C16H22N2O3. The van der Waals surface area contributed by atoms with Crippen molar-refractivity contribution in [3.05, 3.63) is 29.3 Å². The highest BCUT2D eigenvalue weighted by Crippen LogP contribution is 2.23. The van der Waals surface area contributed by atoms with Gasteiger partial charge in [-0.1, -0.05) is 18.2 Å². The Morgan fingerprint density at radius 3 is 2.57 bits per heavy atom. The number of ether oxygens (including phenoxy) is 1. The molecule has 0 unspecified atom stereocenters. The molecule has 1 aromatic carbocycles. The first-order chi connectivity index (χ1) is 9.84. The lowest BCUT2D eigenvalue weighted by molar-refractivity contribution is -0.150. The van der Waals surface area contributed by atoms with E-state index in [1.807, 2.05) is 32.0 Å². The number of carbonyl (C=O) groups is 2. The largest absolute Gasteiger partial charge is 0.483 e. The zero-order valence-corrected chi connectivity index (χ0v) is 13.0. The van der Waals surface area contributed by atoms with Gasteiger partial charge in [-0.2, -0.15) is 0 Å². The van der Waals surface area contributed by atoms with E-state index >= 15 is 0 Å². The zero-order chi connectivity index (χ0) is 15.6. The van der Waals surface area contributed by atoms with Gasteiger partial charge in [-0.3, -0.25) is 9.59 Å². The quantitative estimate of drug-likeness (QED) is 0.916. The monoisotopic (exact) mass is 290 g/mol. The van der Waals surface area contributed by atoms with E-state index in [9.17, 15) is 9.59 Å². The Hall–Kier alpha value is -2.04. The molecule has 0 aliphatic carbocycles. The molecule has 0 spiro atoms. The molecule has 1 aromatic rings. The van der Waals surface area contributed by atoms with E-state index in [1.165, 1.54) is 0 Å². The smallest absolute Gasteiger partial charge is 0.261 e. The predicted molar refractivity (Wildman–Crippen MR) is 80.2 cm³/mol. The van der Waals surface area contributed by atoms with Crippen molar-refractivity contribution < 1.29 is 14.3 Å². The van der Waals surface area contributed by atoms with Crippen molar-refractivity contribution in [3.8, 4) is 5.75 Å². The summed E-state index contributed by atoms with van der Waals surface area (Å²) in [6.07, 6.45) is 0. The summed E-state index contributed by atoms with van der Waals surface area (Å²) in [6, 6.07) is 5.85. The summed E-state index contributed by atoms with van der Waals surface area (Å²) >= 11 is 0. The van der Waals surface area contributed by atoms with Crippen LogP contribution in [-0.2, 0) is 9.59 Å². The molecule has 21 heavy (non-hydrogen) atoms. The van der Waals surface area contributed by atoms with Gasteiger partial charge in [-0.25, -0.2) is 0 Å². The van der Waals surface area contributed by atoms with E-state index < -0.39 is 5.54 Å². The lowest BCUT2D eigenvalue weighted by atomic mass is 9.99. The molecule has 2 rings (SSSR count). The molecule has 1 heterocycles. The maximum absolute atomic E-state index is 12.4. The number of hydrogen-bond donors (Lipinski definition) is 1. The summed E-state index contributed by atoms with van der Waals surface area (Å²) in [5, 5.41) is 2.78. The van der Waals surface area contributed by atoms with Gasteiger partial charge in [0, 0.05) is 13.1 Å². The average Bonchev–Trinajstić information content (AvgIpc) is 2.41. The fourth-order valence-corrected chi connectivity index (χ4v) is 2.57. The normalized spacial score (nSPS) is 17.3. The second kappa shape index (κ2) is 5.76. The Labute approximate surface area is 125 Å². The Morgan fingerprint density at radius 1 is 1.33 bits per heavy atom. The number of nitrogens with one attached hydrogen (secondary N) is 1. The van der Waals surface area contributed by atoms with Crippen LogP contribution in [0.3, 0.4) is 0 Å². The molecule has 1 fully saturated rings. The van der Waals surface area contributed by atoms with Crippen LogP contribution in [0.2, 0.25) is 0 Å². The van der Waals surface area contributed by atoms with Crippen molar-refractivity contribution in [3.63, 3.8) is 0 Å². The third-order valence-corrected chi connectivity index (χ3v) is 3.90. The Morgan fingerprint density at radius 2 is 1.95 bits per heavy atom. The molecule has 114 valence electrons. The number of piperazine rings is 1. The van der Waals surface area contributed by atoms with Gasteiger partial charge < -0.3 is 15.0 Å². The van der Waals surface area contributed by atoms with E-state index in [4.69, 9.17) is 4.74 Å². The van der Waals surface area contributed by atoms with Gasteiger partial charge in [0.25, 0.3) is 5.91 Å². The van der Waals surface area contributed by atoms with Crippen LogP contribution >= 0.6 is 0 Å². The Kier molecular flexibility index (Phi) is 4.21. The summed E-state index contributed by atoms with van der Waals surface area (Å²) in [4.78, 5) is 25.8. The van der Waals surface area contributed by atoms with Gasteiger partial charge in [-0.05, 0) is 38.8 Å². The molecule has 1 saturated heterocycles. The minimum Gasteiger partial charge on any atom is -0.483 e. The maximum atomic E-state index is 12.4. The molecule has 1 aliphatic heterocycles. The van der Waals surface area contributed by atoms with E-state index in [1.54, 1.807) is 18.7 Å². The molecule has 2 amide bonds. The molecule has 0 radical (unpaired) electrons. The lowest BCUT2D eigenvalue weighted by Crippen LogP contribution is -2.64. The lowest BCUT2D eigenvalue weighted by Gasteiger charge is -2.41. The van der Waals surface area contributed by atoms with E-state index in [0.717, 1.165) is 16.9 Å². The Bertz CT molecular complexity index is 546. The zero-order valence-electron chi connectivity index (χ0n) is 13.0. The highest BCUT2D eigenvalue weighted by molar-refractivity contribution is 5.92. The molecule has 0 saturated carbocycles. The molecule has 0 atom stereocenters. The number of para-hydroxylation sites is 1. The van der Waals surface area contributed by atoms with Crippen LogP contribution in [0.25, 0.3) is 0 Å². The molecular weight excluding hydrogens is 268 g/mol. The Balaban J connectivity index is 2.07. The van der Waals surface area contributed by atoms with Crippen molar-refractivity contribution in [1.29, 1.82) is 0 Å². The van der Waals surface area contributed by atoms with Crippen LogP contribution in [0.15, 0.2) is 18.2 Å². The minimum absolute atomic E-state index is 0.0532. The van der Waals surface area contributed by atoms with Crippen LogP contribution in [0, 0.1) is 13.8 Å². The van der Waals surface area contributed by atoms with Gasteiger partial charge in [0.1, 0.15) is 11.3 Å². The van der Waals surface area contributed by atoms with Crippen LogP contribution < -0.4 is 10.1 Å². The van der Waals surface area contributed by atoms with Crippen LogP contribution in [0.1, 0.15) is 25.0 Å². The number of amides is 2. The number of nitrogens with zero attached hydrogens (tertiary/aromatic N) is 1. The summed E-state index contributed by atoms with van der Waals surface area (Å²) in [7, 11) is 0. The van der Waals surface area contributed by atoms with E-state index in [-0.39, 0.29) is 18.4 Å². The standard InChI is InChI=1S/C16H22N2O3/c1-11-6-5-7-12(2)14(11)21-10-13(19)18-9-8-17-15(20)16(18,3)4/h5-7H,8-10H2,1-4H3,(H,17,20). The van der Waals surface area contributed by atoms with E-state index in [2.05, 4.69) is 5.32 Å². The second-order valence-corrected chi connectivity index (χ2v) is 5.87. The topological polar surface area (TPSA) is 58.6 Å². The first-order valence-electron chi connectivity index (χ1n) is 7.12. The second-order valence-electron chi connectivity index (χ2n) is 5.87. The van der Waals surface area contributed by atoms with Gasteiger partial charge in [0.2, 0.25) is 5.91 Å². The summed E-state index contributed by atoms with van der Waals surface area (Å²) < 4.78 is 5.69. The molecule has 5 heteroatoms. The fraction of sp³-hybridized carbons (Fsp3) is 0.500. The fourth-order valence-electron chi connectivity index (χ4n) is 2.57. The predicted octanol–water partition coefficient (Wildman–Crippen LogP) is 1.42. The van der Waals surface area contributed by atoms with Crippen LogP contribution in [-0.4, -0.2) is 41.9 Å². The van der Waals surface area contributed by atoms with Gasteiger partial charge in [0.15, 0.2) is 6.61 Å². The third kappa shape index (κ3) is 3.01. The molecule has 0 bridgehead atoms. The third-order valence-electron chi connectivity index (χ3n) is 3.90. The first-order valence-corrected chi connectivity index (χ1v) is 7.12. The number of rotatable bonds is 3. The summed E-state index contributed by atoms with van der Waals surface area (Å²) in [5.74, 6) is 0.441. The highest BCUT2D eigenvalue weighted by atomic mass is 16.5. The minimum atomic E-state index is -0.834. The number of carbonyl (C=O) groups excluding carboxylic acids is 2. The van der Waals surface area contributed by atoms with Crippen LogP contribution in [0.5, 0.6) is 5.75 Å². The van der Waals surface area contributed by atoms with Gasteiger partial charge in [-0.15, -0.1) is 0 Å². The first kappa shape index (κ1) is 15.4. The van der Waals surface area contributed by atoms with Crippen molar-refractivity contribution in [2.75, 3.05) is 19.7 Å². The van der Waals surface area contributed by atoms with Gasteiger partial charge >= 0.3 is 0 Å². The maximum Gasteiger partial charge on any atom is 0.261 e. The number of benzene rings is 1. The number of aryl methyl sites for hydroxylation is 2. The number of hydrogen-bond acceptors (Lipinski definition) is 3. The molecule has 5 nitrogen and oxygen atoms in total. The molecule has 1 N–H and O–H groups in total.